The average Bonchev–Trinajstić information content (AvgIpc) is 2.88. The fraction of sp³-hybridized carbons (Fsp3) is 0.111. The Balaban J connectivity index is 2.11. The fourth-order valence-corrected chi connectivity index (χ4v) is 4.36. The van der Waals surface area contributed by atoms with Crippen molar-refractivity contribution >= 4 is 36.3 Å². The normalized spacial score (nSPS) is 10.5. The summed E-state index contributed by atoms with van der Waals surface area (Å²) in [4.78, 5) is 74.2. The Morgan fingerprint density at radius 2 is 0.744 bits per heavy atom. The minimum Gasteiger partial charge on any atom is -0.329 e. The number of anilines is 3. The van der Waals surface area contributed by atoms with Crippen LogP contribution in [0.15, 0.2) is 69.0 Å². The van der Waals surface area contributed by atoms with Crippen molar-refractivity contribution in [2.45, 2.75) is 20.8 Å². The molecule has 3 N–H and O–H groups in total. The molecule has 4 aromatic rings. The zero-order valence-electron chi connectivity index (χ0n) is 21.2. The first-order chi connectivity index (χ1) is 18.7. The maximum Gasteiger partial charge on any atom is 0.345 e. The molecule has 12 heteroatoms. The number of hydrogen-bond donors (Lipinski definition) is 3. The standard InChI is InChI=1S/C27H24N6O6/c1-16-10-19(28-13-34)4-7-22(16)31-25(37)32(23-8-5-20(29-14-35)11-17(23)2)27(39)33(26(31)38)24-9-6-21(30-15-36)12-18(24)3/h4-15H,1-3H3,(H,28,34)(H,29,35)(H,30,36). The highest BCUT2D eigenvalue weighted by atomic mass is 16.2. The molecule has 0 aliphatic heterocycles. The second-order valence-corrected chi connectivity index (χ2v) is 8.64. The molecule has 0 aliphatic carbocycles. The van der Waals surface area contributed by atoms with Crippen LogP contribution in [0, 0.1) is 20.8 Å². The van der Waals surface area contributed by atoms with Crippen LogP contribution in [0.2, 0.25) is 0 Å². The molecule has 1 heterocycles. The van der Waals surface area contributed by atoms with Gasteiger partial charge in [-0.05, 0) is 92.1 Å². The van der Waals surface area contributed by atoms with E-state index in [9.17, 15) is 28.8 Å². The third kappa shape index (κ3) is 4.90. The average molecular weight is 529 g/mol. The number of aromatic nitrogens is 3. The van der Waals surface area contributed by atoms with Crippen LogP contribution in [-0.4, -0.2) is 32.9 Å². The minimum absolute atomic E-state index is 0.206. The predicted octanol–water partition coefficient (Wildman–Crippen LogP) is 1.77. The molecule has 3 aromatic carbocycles. The smallest absolute Gasteiger partial charge is 0.329 e. The second kappa shape index (κ2) is 10.8. The van der Waals surface area contributed by atoms with Gasteiger partial charge in [-0.3, -0.25) is 14.4 Å². The number of benzene rings is 3. The summed E-state index contributed by atoms with van der Waals surface area (Å²) in [5.41, 5.74) is 0.730. The number of aryl methyl sites for hydroxylation is 3. The SMILES string of the molecule is Cc1cc(NC=O)ccc1-n1c(=O)n(-c2ccc(NC=O)cc2C)c(=O)n(-c2ccc(NC=O)cc2C)c1=O. The highest BCUT2D eigenvalue weighted by Crippen LogP contribution is 2.20. The number of carbonyl (C=O) groups excluding carboxylic acids is 3. The predicted molar refractivity (Wildman–Crippen MR) is 147 cm³/mol. The molecule has 3 amide bonds. The summed E-state index contributed by atoms with van der Waals surface area (Å²) in [6.07, 6.45) is 1.52. The van der Waals surface area contributed by atoms with Crippen molar-refractivity contribution in [2.24, 2.45) is 0 Å². The molecule has 4 rings (SSSR count). The molecule has 0 spiro atoms. The first kappa shape index (κ1) is 26.5. The summed E-state index contributed by atoms with van der Waals surface area (Å²) >= 11 is 0. The molecule has 0 saturated heterocycles. The summed E-state index contributed by atoms with van der Waals surface area (Å²) in [7, 11) is 0. The zero-order valence-corrected chi connectivity index (χ0v) is 21.2. The molecule has 39 heavy (non-hydrogen) atoms. The van der Waals surface area contributed by atoms with Crippen molar-refractivity contribution < 1.29 is 14.4 Å². The number of nitrogens with one attached hydrogen (secondary N) is 3. The summed E-state index contributed by atoms with van der Waals surface area (Å²) in [5, 5.41) is 7.55. The monoisotopic (exact) mass is 528 g/mol. The van der Waals surface area contributed by atoms with Crippen LogP contribution in [0.4, 0.5) is 17.1 Å². The number of carbonyl (C=O) groups is 3. The lowest BCUT2D eigenvalue weighted by Gasteiger charge is -2.18. The maximum absolute atomic E-state index is 13.9. The lowest BCUT2D eigenvalue weighted by molar-refractivity contribution is -0.106. The van der Waals surface area contributed by atoms with Crippen LogP contribution >= 0.6 is 0 Å². The molecule has 0 aliphatic rings. The first-order valence-corrected chi connectivity index (χ1v) is 11.7. The molecule has 198 valence electrons. The van der Waals surface area contributed by atoms with Crippen molar-refractivity contribution in [1.82, 2.24) is 13.7 Å². The maximum atomic E-state index is 13.9. The lowest BCUT2D eigenvalue weighted by Crippen LogP contribution is -2.53. The minimum atomic E-state index is -0.906. The molecule has 0 atom stereocenters. The van der Waals surface area contributed by atoms with E-state index in [1.165, 1.54) is 36.4 Å². The van der Waals surface area contributed by atoms with Gasteiger partial charge in [0.25, 0.3) is 0 Å². The summed E-state index contributed by atoms with van der Waals surface area (Å²) in [6.45, 7) is 4.98. The molecular weight excluding hydrogens is 504 g/mol. The van der Waals surface area contributed by atoms with E-state index in [1.54, 1.807) is 39.0 Å². The van der Waals surface area contributed by atoms with Crippen molar-refractivity contribution in [3.05, 3.63) is 103 Å². The van der Waals surface area contributed by atoms with E-state index >= 15 is 0 Å². The van der Waals surface area contributed by atoms with E-state index in [0.717, 1.165) is 13.7 Å². The third-order valence-electron chi connectivity index (χ3n) is 6.14. The van der Waals surface area contributed by atoms with Crippen LogP contribution in [-0.2, 0) is 14.4 Å². The number of rotatable bonds is 9. The third-order valence-corrected chi connectivity index (χ3v) is 6.14. The summed E-state index contributed by atoms with van der Waals surface area (Å²) < 4.78 is 2.65. The Hall–Kier alpha value is -5.52. The van der Waals surface area contributed by atoms with Gasteiger partial charge < -0.3 is 16.0 Å². The van der Waals surface area contributed by atoms with E-state index < -0.39 is 17.1 Å². The molecule has 12 nitrogen and oxygen atoms in total. The molecule has 0 saturated carbocycles. The van der Waals surface area contributed by atoms with E-state index in [1.807, 2.05) is 0 Å². The van der Waals surface area contributed by atoms with Gasteiger partial charge in [0, 0.05) is 17.1 Å². The van der Waals surface area contributed by atoms with Crippen LogP contribution < -0.4 is 33.0 Å². The molecule has 0 fully saturated rings. The van der Waals surface area contributed by atoms with E-state index in [0.29, 0.717) is 53.0 Å². The van der Waals surface area contributed by atoms with Gasteiger partial charge in [0.1, 0.15) is 0 Å². The summed E-state index contributed by atoms with van der Waals surface area (Å²) in [6, 6.07) is 13.8. The largest absolute Gasteiger partial charge is 0.345 e. The van der Waals surface area contributed by atoms with Gasteiger partial charge in [0.2, 0.25) is 19.2 Å². The van der Waals surface area contributed by atoms with Crippen molar-refractivity contribution in [3.63, 3.8) is 0 Å². The Morgan fingerprint density at radius 3 is 0.949 bits per heavy atom. The van der Waals surface area contributed by atoms with Crippen LogP contribution in [0.3, 0.4) is 0 Å². The molecular formula is C27H24N6O6. The first-order valence-electron chi connectivity index (χ1n) is 11.7. The van der Waals surface area contributed by atoms with Gasteiger partial charge in [0.15, 0.2) is 0 Å². The van der Waals surface area contributed by atoms with E-state index in [2.05, 4.69) is 16.0 Å². The Kier molecular flexibility index (Phi) is 7.38. The van der Waals surface area contributed by atoms with E-state index in [4.69, 9.17) is 0 Å². The van der Waals surface area contributed by atoms with Gasteiger partial charge in [-0.2, -0.15) is 0 Å². The number of nitrogens with zero attached hydrogens (tertiary/aromatic N) is 3. The highest BCUT2D eigenvalue weighted by molar-refractivity contribution is 5.74. The topological polar surface area (TPSA) is 153 Å². The molecule has 1 aromatic heterocycles. The Labute approximate surface area is 221 Å². The van der Waals surface area contributed by atoms with Crippen LogP contribution in [0.25, 0.3) is 17.1 Å². The molecule has 0 radical (unpaired) electrons. The second-order valence-electron chi connectivity index (χ2n) is 8.64. The fourth-order valence-electron chi connectivity index (χ4n) is 4.36. The lowest BCUT2D eigenvalue weighted by atomic mass is 10.1. The van der Waals surface area contributed by atoms with Crippen molar-refractivity contribution in [2.75, 3.05) is 16.0 Å². The molecule has 0 bridgehead atoms. The van der Waals surface area contributed by atoms with Crippen molar-refractivity contribution in [3.8, 4) is 17.1 Å². The van der Waals surface area contributed by atoms with Crippen LogP contribution in [0.5, 0.6) is 0 Å². The van der Waals surface area contributed by atoms with Gasteiger partial charge >= 0.3 is 17.1 Å². The molecule has 0 unspecified atom stereocenters. The van der Waals surface area contributed by atoms with Gasteiger partial charge in [-0.25, -0.2) is 28.1 Å². The number of hydrogen-bond acceptors (Lipinski definition) is 6. The Bertz CT molecular complexity index is 1560. The van der Waals surface area contributed by atoms with Crippen LogP contribution in [0.1, 0.15) is 16.7 Å². The van der Waals surface area contributed by atoms with Gasteiger partial charge in [0.05, 0.1) is 17.1 Å². The number of amides is 3. The van der Waals surface area contributed by atoms with E-state index in [-0.39, 0.29) is 17.1 Å². The highest BCUT2D eigenvalue weighted by Gasteiger charge is 2.22. The quantitative estimate of drug-likeness (QED) is 0.282. The van der Waals surface area contributed by atoms with Gasteiger partial charge in [-0.15, -0.1) is 0 Å². The zero-order chi connectivity index (χ0) is 28.3. The van der Waals surface area contributed by atoms with Gasteiger partial charge in [-0.1, -0.05) is 0 Å². The Morgan fingerprint density at radius 1 is 0.487 bits per heavy atom. The van der Waals surface area contributed by atoms with Crippen molar-refractivity contribution in [1.29, 1.82) is 0 Å². The summed E-state index contributed by atoms with van der Waals surface area (Å²) in [5.74, 6) is 0.